The number of nitrogens with zero attached hydrogens (tertiary/aromatic N) is 2. The number of anilines is 1. The molecule has 0 unspecified atom stereocenters. The number of hydrogen-bond acceptors (Lipinski definition) is 8. The number of rotatable bonds is 8. The summed E-state index contributed by atoms with van der Waals surface area (Å²) in [5.74, 6) is 0.698. The largest absolute Gasteiger partial charge is 0.496 e. The van der Waals surface area contributed by atoms with Gasteiger partial charge < -0.3 is 14.2 Å². The first kappa shape index (κ1) is 21.3. The molecular weight excluding hydrogens is 402 g/mol. The highest BCUT2D eigenvalue weighted by atomic mass is 32.1. The fraction of sp³-hybridized carbons (Fsp3) is 0.227. The summed E-state index contributed by atoms with van der Waals surface area (Å²) in [5, 5.41) is 4.95. The maximum absolute atomic E-state index is 12.6. The number of carbonyl (C=O) groups excluding carboxylic acids is 1. The predicted octanol–water partition coefficient (Wildman–Crippen LogP) is 4.83. The van der Waals surface area contributed by atoms with Gasteiger partial charge in [0.25, 0.3) is 0 Å². The van der Waals surface area contributed by atoms with Gasteiger partial charge in [0.05, 0.1) is 25.6 Å². The molecule has 0 aliphatic heterocycles. The summed E-state index contributed by atoms with van der Waals surface area (Å²) in [4.78, 5) is 18.1. The molecule has 3 aromatic rings. The molecule has 1 aromatic heterocycles. The summed E-state index contributed by atoms with van der Waals surface area (Å²) in [6.45, 7) is 6.26. The molecule has 30 heavy (non-hydrogen) atoms. The van der Waals surface area contributed by atoms with Crippen LogP contribution in [0.5, 0.6) is 17.2 Å². The number of benzene rings is 2. The second-order valence-corrected chi connectivity index (χ2v) is 7.46. The second-order valence-electron chi connectivity index (χ2n) is 6.26. The molecule has 8 heteroatoms. The fourth-order valence-electron chi connectivity index (χ4n) is 2.61. The van der Waals surface area contributed by atoms with Gasteiger partial charge >= 0.3 is 5.97 Å². The third-order valence-electron chi connectivity index (χ3n) is 4.20. The van der Waals surface area contributed by atoms with E-state index in [0.717, 1.165) is 21.3 Å². The van der Waals surface area contributed by atoms with E-state index in [9.17, 15) is 4.79 Å². The number of carbonyl (C=O) groups is 1. The molecule has 0 spiro atoms. The molecule has 0 amide bonds. The molecule has 156 valence electrons. The predicted molar refractivity (Wildman–Crippen MR) is 118 cm³/mol. The topological polar surface area (TPSA) is 82.0 Å². The number of aryl methyl sites for hydroxylation is 2. The number of para-hydroxylation sites is 1. The van der Waals surface area contributed by atoms with E-state index < -0.39 is 5.97 Å². The average Bonchev–Trinajstić information content (AvgIpc) is 3.07. The third kappa shape index (κ3) is 5.15. The van der Waals surface area contributed by atoms with Gasteiger partial charge in [0.15, 0.2) is 11.5 Å². The molecule has 0 aliphatic carbocycles. The molecule has 0 fully saturated rings. The number of thiazole rings is 1. The van der Waals surface area contributed by atoms with Crippen molar-refractivity contribution < 1.29 is 19.0 Å². The average molecular weight is 426 g/mol. The van der Waals surface area contributed by atoms with Crippen LogP contribution < -0.4 is 19.6 Å². The number of hydrogen-bond donors (Lipinski definition) is 1. The number of hydrazone groups is 1. The maximum atomic E-state index is 12.6. The van der Waals surface area contributed by atoms with E-state index in [1.807, 2.05) is 20.8 Å². The lowest BCUT2D eigenvalue weighted by Crippen LogP contribution is -2.11. The van der Waals surface area contributed by atoms with Crippen LogP contribution in [0.2, 0.25) is 0 Å². The summed E-state index contributed by atoms with van der Waals surface area (Å²) in [6, 6.07) is 12.1. The van der Waals surface area contributed by atoms with Gasteiger partial charge in [0.2, 0.25) is 5.13 Å². The van der Waals surface area contributed by atoms with Gasteiger partial charge in [-0.3, -0.25) is 5.43 Å². The van der Waals surface area contributed by atoms with Gasteiger partial charge in [-0.2, -0.15) is 5.10 Å². The molecule has 0 aliphatic rings. The minimum absolute atomic E-state index is 0.323. The number of esters is 1. The van der Waals surface area contributed by atoms with Crippen LogP contribution in [-0.4, -0.2) is 30.9 Å². The number of aromatic nitrogens is 1. The van der Waals surface area contributed by atoms with Crippen molar-refractivity contribution in [2.45, 2.75) is 20.8 Å². The lowest BCUT2D eigenvalue weighted by molar-refractivity contribution is 0.0725. The molecule has 0 atom stereocenters. The van der Waals surface area contributed by atoms with E-state index in [1.54, 1.807) is 60.0 Å². The maximum Gasteiger partial charge on any atom is 0.347 e. The summed E-state index contributed by atoms with van der Waals surface area (Å²) >= 11 is 1.54. The summed E-state index contributed by atoms with van der Waals surface area (Å²) in [6.07, 6.45) is 1.65. The van der Waals surface area contributed by atoms with Gasteiger partial charge in [-0.05, 0) is 56.7 Å². The minimum Gasteiger partial charge on any atom is -0.496 e. The molecule has 7 nitrogen and oxygen atoms in total. The van der Waals surface area contributed by atoms with Crippen molar-refractivity contribution in [3.05, 3.63) is 64.2 Å². The van der Waals surface area contributed by atoms with Crippen LogP contribution in [-0.2, 0) is 0 Å². The Kier molecular flexibility index (Phi) is 7.03. The summed E-state index contributed by atoms with van der Waals surface area (Å²) in [5.41, 5.74) is 5.03. The third-order valence-corrected chi connectivity index (χ3v) is 5.18. The Morgan fingerprint density at radius 1 is 1.17 bits per heavy atom. The zero-order valence-corrected chi connectivity index (χ0v) is 18.1. The molecular formula is C22H23N3O4S. The summed E-state index contributed by atoms with van der Waals surface area (Å²) < 4.78 is 16.4. The first-order chi connectivity index (χ1) is 14.5. The smallest absolute Gasteiger partial charge is 0.347 e. The van der Waals surface area contributed by atoms with E-state index >= 15 is 0 Å². The van der Waals surface area contributed by atoms with Gasteiger partial charge in [-0.15, -0.1) is 11.3 Å². The van der Waals surface area contributed by atoms with Gasteiger partial charge in [0, 0.05) is 4.88 Å². The van der Waals surface area contributed by atoms with Crippen molar-refractivity contribution in [1.82, 2.24) is 4.98 Å². The Bertz CT molecular complexity index is 1040. The van der Waals surface area contributed by atoms with Crippen LogP contribution in [0.4, 0.5) is 5.13 Å². The Balaban J connectivity index is 1.75. The van der Waals surface area contributed by atoms with E-state index in [4.69, 9.17) is 14.2 Å². The normalized spacial score (nSPS) is 10.8. The summed E-state index contributed by atoms with van der Waals surface area (Å²) in [7, 11) is 1.51. The molecule has 1 heterocycles. The fourth-order valence-corrected chi connectivity index (χ4v) is 3.37. The van der Waals surface area contributed by atoms with Crippen molar-refractivity contribution in [3.8, 4) is 17.2 Å². The molecule has 2 aromatic carbocycles. The number of methoxy groups -OCH3 is 1. The Labute approximate surface area is 179 Å². The monoisotopic (exact) mass is 425 g/mol. The molecule has 0 saturated heterocycles. The molecule has 0 saturated carbocycles. The van der Waals surface area contributed by atoms with E-state index in [2.05, 4.69) is 15.5 Å². The van der Waals surface area contributed by atoms with E-state index in [0.29, 0.717) is 29.4 Å². The number of nitrogens with one attached hydrogen (secondary N) is 1. The van der Waals surface area contributed by atoms with Crippen LogP contribution >= 0.6 is 11.3 Å². The Morgan fingerprint density at radius 2 is 1.97 bits per heavy atom. The van der Waals surface area contributed by atoms with Gasteiger partial charge in [0.1, 0.15) is 11.3 Å². The van der Waals surface area contributed by atoms with E-state index in [-0.39, 0.29) is 0 Å². The molecule has 1 N–H and O–H groups in total. The zero-order chi connectivity index (χ0) is 21.5. The van der Waals surface area contributed by atoms with Crippen LogP contribution in [0.3, 0.4) is 0 Å². The zero-order valence-electron chi connectivity index (χ0n) is 17.3. The van der Waals surface area contributed by atoms with Crippen LogP contribution in [0, 0.1) is 13.8 Å². The highest BCUT2D eigenvalue weighted by Gasteiger charge is 2.16. The Morgan fingerprint density at radius 3 is 2.67 bits per heavy atom. The minimum atomic E-state index is -0.522. The van der Waals surface area contributed by atoms with Crippen molar-refractivity contribution in [2.24, 2.45) is 5.10 Å². The lowest BCUT2D eigenvalue weighted by atomic mass is 10.2. The second kappa shape index (κ2) is 9.89. The quantitative estimate of drug-likeness (QED) is 0.241. The molecule has 0 bridgehead atoms. The van der Waals surface area contributed by atoms with Crippen LogP contribution in [0.1, 0.15) is 33.4 Å². The van der Waals surface area contributed by atoms with Gasteiger partial charge in [-0.25, -0.2) is 9.78 Å². The van der Waals surface area contributed by atoms with Crippen molar-refractivity contribution in [3.63, 3.8) is 0 Å². The first-order valence-electron chi connectivity index (χ1n) is 9.37. The van der Waals surface area contributed by atoms with Crippen molar-refractivity contribution >= 4 is 28.7 Å². The first-order valence-corrected chi connectivity index (χ1v) is 10.2. The lowest BCUT2D eigenvalue weighted by Gasteiger charge is -2.12. The van der Waals surface area contributed by atoms with Crippen molar-refractivity contribution in [1.29, 1.82) is 0 Å². The molecule has 3 rings (SSSR count). The van der Waals surface area contributed by atoms with Crippen molar-refractivity contribution in [2.75, 3.05) is 19.1 Å². The SMILES string of the molecule is CCOc1cc(/C=N/Nc2nc(C)c(C)s2)ccc1OC(=O)c1ccccc1OC. The number of ether oxygens (including phenoxy) is 3. The highest BCUT2D eigenvalue weighted by molar-refractivity contribution is 7.15. The van der Waals surface area contributed by atoms with Crippen LogP contribution in [0.15, 0.2) is 47.6 Å². The Hall–Kier alpha value is -3.39. The van der Waals surface area contributed by atoms with E-state index in [1.165, 1.54) is 7.11 Å². The highest BCUT2D eigenvalue weighted by Crippen LogP contribution is 2.30. The van der Waals surface area contributed by atoms with Gasteiger partial charge in [-0.1, -0.05) is 12.1 Å². The van der Waals surface area contributed by atoms with Crippen LogP contribution in [0.25, 0.3) is 0 Å². The molecule has 0 radical (unpaired) electrons. The standard InChI is InChI=1S/C22H23N3O4S/c1-5-28-20-12-16(13-23-25-22-24-14(2)15(3)30-22)10-11-19(20)29-21(26)17-8-6-7-9-18(17)27-4/h6-13H,5H2,1-4H3,(H,24,25)/b23-13+.